The Morgan fingerprint density at radius 3 is 2.93 bits per heavy atom. The molecule has 1 aliphatic carbocycles. The number of ether oxygens (including phenoxy) is 1. The SMILES string of the molecule is C=C(CCC1=CC2CCOC2C=C1)/N=C1\C(=C/N)N(C)C(=O)N1C(=O)N1CCC1. The number of hydrogen-bond donors (Lipinski definition) is 1. The number of nitrogens with zero attached hydrogens (tertiary/aromatic N) is 4. The van der Waals surface area contributed by atoms with Crippen LogP contribution in [-0.4, -0.2) is 65.4 Å². The number of amidine groups is 1. The Morgan fingerprint density at radius 2 is 2.24 bits per heavy atom. The molecule has 2 atom stereocenters. The van der Waals surface area contributed by atoms with E-state index in [0.717, 1.165) is 30.8 Å². The Bertz CT molecular complexity index is 852. The summed E-state index contributed by atoms with van der Waals surface area (Å²) in [4.78, 5) is 34.0. The first-order valence-electron chi connectivity index (χ1n) is 10.1. The fourth-order valence-corrected chi connectivity index (χ4v) is 3.94. The number of likely N-dealkylation sites (tertiary alicyclic amines) is 1. The lowest BCUT2D eigenvalue weighted by Crippen LogP contribution is -2.51. The molecule has 8 heteroatoms. The summed E-state index contributed by atoms with van der Waals surface area (Å²) < 4.78 is 5.66. The van der Waals surface area contributed by atoms with Gasteiger partial charge in [0.25, 0.3) is 0 Å². The minimum Gasteiger partial charge on any atom is -0.403 e. The molecule has 0 aromatic heterocycles. The average Bonchev–Trinajstić information content (AvgIpc) is 3.21. The van der Waals surface area contributed by atoms with Crippen LogP contribution in [0.25, 0.3) is 0 Å². The molecule has 4 aliphatic rings. The summed E-state index contributed by atoms with van der Waals surface area (Å²) >= 11 is 0. The lowest BCUT2D eigenvalue weighted by Gasteiger charge is -2.33. The Kier molecular flexibility index (Phi) is 5.27. The first-order valence-corrected chi connectivity index (χ1v) is 10.1. The molecule has 2 unspecified atom stereocenters. The maximum Gasteiger partial charge on any atom is 0.338 e. The highest BCUT2D eigenvalue weighted by molar-refractivity contribution is 6.23. The molecule has 29 heavy (non-hydrogen) atoms. The van der Waals surface area contributed by atoms with Gasteiger partial charge in [0.15, 0.2) is 5.84 Å². The Morgan fingerprint density at radius 1 is 1.45 bits per heavy atom. The molecule has 0 bridgehead atoms. The summed E-state index contributed by atoms with van der Waals surface area (Å²) in [7, 11) is 1.58. The van der Waals surface area contributed by atoms with Crippen LogP contribution in [0.15, 0.2) is 53.0 Å². The van der Waals surface area contributed by atoms with Crippen molar-refractivity contribution in [3.8, 4) is 0 Å². The Labute approximate surface area is 170 Å². The van der Waals surface area contributed by atoms with Crippen LogP contribution in [0.4, 0.5) is 9.59 Å². The van der Waals surface area contributed by atoms with Crippen LogP contribution in [0.3, 0.4) is 0 Å². The summed E-state index contributed by atoms with van der Waals surface area (Å²) in [6.45, 7) is 6.15. The second-order valence-corrected chi connectivity index (χ2v) is 7.74. The highest BCUT2D eigenvalue weighted by Gasteiger charge is 2.43. The number of hydrogen-bond acceptors (Lipinski definition) is 5. The molecule has 0 aromatic rings. The maximum absolute atomic E-state index is 12.7. The van der Waals surface area contributed by atoms with Crippen molar-refractivity contribution in [2.75, 3.05) is 26.7 Å². The third-order valence-electron chi connectivity index (χ3n) is 5.83. The van der Waals surface area contributed by atoms with Gasteiger partial charge in [0, 0.05) is 44.6 Å². The van der Waals surface area contributed by atoms with Crippen molar-refractivity contribution >= 4 is 17.9 Å². The number of carbonyl (C=O) groups is 2. The van der Waals surface area contributed by atoms with E-state index in [9.17, 15) is 9.59 Å². The third kappa shape index (κ3) is 3.60. The number of likely N-dealkylation sites (N-methyl/N-ethyl adjacent to an activating group) is 1. The molecule has 154 valence electrons. The smallest absolute Gasteiger partial charge is 0.338 e. The van der Waals surface area contributed by atoms with Crippen molar-refractivity contribution in [1.29, 1.82) is 0 Å². The topological polar surface area (TPSA) is 91.5 Å². The summed E-state index contributed by atoms with van der Waals surface area (Å²) in [6, 6.07) is -0.808. The lowest BCUT2D eigenvalue weighted by molar-refractivity contribution is 0.134. The van der Waals surface area contributed by atoms with Gasteiger partial charge < -0.3 is 15.4 Å². The fourth-order valence-electron chi connectivity index (χ4n) is 3.94. The molecule has 0 radical (unpaired) electrons. The number of amides is 4. The van der Waals surface area contributed by atoms with Gasteiger partial charge in [-0.2, -0.15) is 4.90 Å². The first kappa shape index (κ1) is 19.4. The third-order valence-corrected chi connectivity index (χ3v) is 5.83. The molecule has 8 nitrogen and oxygen atoms in total. The van der Waals surface area contributed by atoms with Gasteiger partial charge in [-0.15, -0.1) is 0 Å². The Balaban J connectivity index is 1.47. The molecule has 2 N–H and O–H groups in total. The predicted octanol–water partition coefficient (Wildman–Crippen LogP) is 2.57. The molecule has 3 aliphatic heterocycles. The number of carbonyl (C=O) groups excluding carboxylic acids is 2. The molecular formula is C21H27N5O3. The minimum absolute atomic E-state index is 0.209. The van der Waals surface area contributed by atoms with E-state index in [1.165, 1.54) is 16.7 Å². The van der Waals surface area contributed by atoms with Crippen molar-refractivity contribution in [3.05, 3.63) is 48.0 Å². The fraction of sp³-hybridized carbons (Fsp3) is 0.476. The number of nitrogens with two attached hydrogens (primary N) is 1. The molecule has 4 rings (SSSR count). The first-order chi connectivity index (χ1) is 14.0. The van der Waals surface area contributed by atoms with Gasteiger partial charge in [0.2, 0.25) is 0 Å². The van der Waals surface area contributed by atoms with Gasteiger partial charge in [-0.05, 0) is 25.7 Å². The lowest BCUT2D eigenvalue weighted by atomic mass is 9.91. The second kappa shape index (κ2) is 7.87. The van der Waals surface area contributed by atoms with Gasteiger partial charge in [-0.3, -0.25) is 4.90 Å². The molecule has 4 amide bonds. The van der Waals surface area contributed by atoms with Gasteiger partial charge in [-0.1, -0.05) is 30.4 Å². The van der Waals surface area contributed by atoms with Crippen LogP contribution in [0.2, 0.25) is 0 Å². The molecule has 0 aromatic carbocycles. The van der Waals surface area contributed by atoms with Crippen LogP contribution in [-0.2, 0) is 4.74 Å². The summed E-state index contributed by atoms with van der Waals surface area (Å²) in [5, 5.41) is 0. The van der Waals surface area contributed by atoms with Crippen molar-refractivity contribution in [2.24, 2.45) is 16.6 Å². The van der Waals surface area contributed by atoms with Crippen LogP contribution in [0, 0.1) is 5.92 Å². The zero-order chi connectivity index (χ0) is 20.5. The molecule has 3 fully saturated rings. The van der Waals surface area contributed by atoms with E-state index in [4.69, 9.17) is 10.5 Å². The van der Waals surface area contributed by atoms with Crippen molar-refractivity contribution in [2.45, 2.75) is 31.8 Å². The van der Waals surface area contributed by atoms with Gasteiger partial charge in [0.05, 0.1) is 6.10 Å². The zero-order valence-electron chi connectivity index (χ0n) is 16.7. The van der Waals surface area contributed by atoms with E-state index in [-0.39, 0.29) is 18.0 Å². The van der Waals surface area contributed by atoms with Gasteiger partial charge in [-0.25, -0.2) is 14.6 Å². The highest BCUT2D eigenvalue weighted by Crippen LogP contribution is 2.31. The maximum atomic E-state index is 12.7. The van der Waals surface area contributed by atoms with E-state index in [1.54, 1.807) is 11.9 Å². The van der Waals surface area contributed by atoms with Crippen LogP contribution < -0.4 is 5.73 Å². The van der Waals surface area contributed by atoms with Gasteiger partial charge >= 0.3 is 12.1 Å². The van der Waals surface area contributed by atoms with Crippen molar-refractivity contribution < 1.29 is 14.3 Å². The quantitative estimate of drug-likeness (QED) is 0.789. The monoisotopic (exact) mass is 397 g/mol. The normalized spacial score (nSPS) is 28.8. The number of imide groups is 1. The van der Waals surface area contributed by atoms with Crippen molar-refractivity contribution in [1.82, 2.24) is 14.7 Å². The largest absolute Gasteiger partial charge is 0.403 e. The number of allylic oxidation sites excluding steroid dienone is 3. The Hall–Kier alpha value is -2.87. The second-order valence-electron chi connectivity index (χ2n) is 7.74. The van der Waals surface area contributed by atoms with E-state index >= 15 is 0 Å². The number of rotatable bonds is 4. The standard InChI is InChI=1S/C21H27N5O3/c1-14(4-5-15-6-7-18-16(12-15)8-11-29-18)23-19-17(13-22)24(2)20(27)26(19)21(28)25-9-3-10-25/h6-7,12-13,16,18H,1,3-5,8-11,22H2,2H3/b17-13+,23-19+. The van der Waals surface area contributed by atoms with E-state index in [1.807, 2.05) is 0 Å². The van der Waals surface area contributed by atoms with E-state index in [2.05, 4.69) is 29.8 Å². The van der Waals surface area contributed by atoms with Crippen LogP contribution in [0.1, 0.15) is 25.7 Å². The predicted molar refractivity (Wildman–Crippen MR) is 110 cm³/mol. The molecular weight excluding hydrogens is 370 g/mol. The molecule has 3 saturated heterocycles. The van der Waals surface area contributed by atoms with E-state index in [0.29, 0.717) is 36.8 Å². The summed E-state index contributed by atoms with van der Waals surface area (Å²) in [5.74, 6) is 0.700. The van der Waals surface area contributed by atoms with Crippen LogP contribution >= 0.6 is 0 Å². The highest BCUT2D eigenvalue weighted by atomic mass is 16.5. The zero-order valence-corrected chi connectivity index (χ0v) is 16.7. The summed E-state index contributed by atoms with van der Waals surface area (Å²) in [6.07, 6.45) is 11.4. The van der Waals surface area contributed by atoms with E-state index < -0.39 is 6.03 Å². The van der Waals surface area contributed by atoms with Crippen LogP contribution in [0.5, 0.6) is 0 Å². The summed E-state index contributed by atoms with van der Waals surface area (Å²) in [5.41, 5.74) is 7.98. The molecule has 0 spiro atoms. The minimum atomic E-state index is -0.449. The molecule has 0 saturated carbocycles. The van der Waals surface area contributed by atoms with Crippen molar-refractivity contribution in [3.63, 3.8) is 0 Å². The average molecular weight is 397 g/mol. The molecule has 3 heterocycles. The van der Waals surface area contributed by atoms with Gasteiger partial charge in [0.1, 0.15) is 5.70 Å². The number of urea groups is 2. The number of aliphatic imine (C=N–C) groups is 1. The number of fused-ring (bicyclic) bond motifs is 1.